The molecule has 2 aromatic carbocycles. The van der Waals surface area contributed by atoms with Crippen LogP contribution in [0.4, 0.5) is 4.79 Å². The molecule has 1 saturated heterocycles. The first-order valence-corrected chi connectivity index (χ1v) is 9.74. The monoisotopic (exact) mass is 366 g/mol. The van der Waals surface area contributed by atoms with E-state index in [1.165, 1.54) is 5.56 Å². The molecule has 2 aliphatic rings. The number of carbonyl (C=O) groups excluding carboxylic acids is 1. The Morgan fingerprint density at radius 1 is 1.00 bits per heavy atom. The highest BCUT2D eigenvalue weighted by Crippen LogP contribution is 2.34. The van der Waals surface area contributed by atoms with Crippen LogP contribution >= 0.6 is 0 Å². The Kier molecular flexibility index (Phi) is 5.58. The molecule has 2 heterocycles. The van der Waals surface area contributed by atoms with E-state index in [0.717, 1.165) is 37.2 Å². The fourth-order valence-corrected chi connectivity index (χ4v) is 3.96. The van der Waals surface area contributed by atoms with Gasteiger partial charge in [0.2, 0.25) is 0 Å². The van der Waals surface area contributed by atoms with Crippen molar-refractivity contribution in [3.05, 3.63) is 65.7 Å². The quantitative estimate of drug-likeness (QED) is 0.861. The summed E-state index contributed by atoms with van der Waals surface area (Å²) in [7, 11) is 0. The summed E-state index contributed by atoms with van der Waals surface area (Å²) in [5, 5.41) is 6.17. The second kappa shape index (κ2) is 8.44. The molecule has 2 amide bonds. The molecule has 5 heteroatoms. The zero-order valence-corrected chi connectivity index (χ0v) is 15.4. The minimum absolute atomic E-state index is 0.0200. The molecule has 2 N–H and O–H groups in total. The van der Waals surface area contributed by atoms with Gasteiger partial charge in [-0.15, -0.1) is 0 Å². The highest BCUT2D eigenvalue weighted by molar-refractivity contribution is 5.74. The molecule has 0 bridgehead atoms. The molecule has 0 spiro atoms. The first kappa shape index (κ1) is 17.9. The number of urea groups is 1. The maximum atomic E-state index is 12.5. The first-order valence-electron chi connectivity index (χ1n) is 9.74. The maximum Gasteiger partial charge on any atom is 0.315 e. The van der Waals surface area contributed by atoms with Crippen molar-refractivity contribution in [2.75, 3.05) is 19.8 Å². The van der Waals surface area contributed by atoms with E-state index in [1.54, 1.807) is 0 Å². The molecule has 0 radical (unpaired) electrons. The summed E-state index contributed by atoms with van der Waals surface area (Å²) in [5.74, 6) is 1.16. The number of ether oxygens (including phenoxy) is 2. The molecule has 1 unspecified atom stereocenters. The van der Waals surface area contributed by atoms with Crippen molar-refractivity contribution in [3.63, 3.8) is 0 Å². The lowest BCUT2D eigenvalue weighted by molar-refractivity contribution is 0.0909. The van der Waals surface area contributed by atoms with Crippen LogP contribution in [0, 0.1) is 5.92 Å². The van der Waals surface area contributed by atoms with Gasteiger partial charge in [0.05, 0.1) is 18.8 Å². The number of nitrogens with one attached hydrogen (secondary N) is 2. The van der Waals surface area contributed by atoms with E-state index in [1.807, 2.05) is 42.5 Å². The highest BCUT2D eigenvalue weighted by atomic mass is 16.5. The normalized spacial score (nSPS) is 24.4. The van der Waals surface area contributed by atoms with Crippen molar-refractivity contribution in [2.45, 2.75) is 31.4 Å². The Labute approximate surface area is 160 Å². The summed E-state index contributed by atoms with van der Waals surface area (Å²) in [6.45, 7) is 2.03. The lowest BCUT2D eigenvalue weighted by Crippen LogP contribution is -2.40. The third-order valence-corrected chi connectivity index (χ3v) is 5.36. The second-order valence-corrected chi connectivity index (χ2v) is 7.19. The maximum absolute atomic E-state index is 12.5. The summed E-state index contributed by atoms with van der Waals surface area (Å²) in [5.41, 5.74) is 2.23. The van der Waals surface area contributed by atoms with Gasteiger partial charge in [-0.05, 0) is 30.9 Å². The van der Waals surface area contributed by atoms with E-state index in [9.17, 15) is 4.79 Å². The topological polar surface area (TPSA) is 59.6 Å². The van der Waals surface area contributed by atoms with E-state index < -0.39 is 0 Å². The van der Waals surface area contributed by atoms with Crippen molar-refractivity contribution in [3.8, 4) is 5.75 Å². The fourth-order valence-electron chi connectivity index (χ4n) is 3.96. The third-order valence-electron chi connectivity index (χ3n) is 5.36. The Balaban J connectivity index is 1.35. The van der Waals surface area contributed by atoms with Gasteiger partial charge in [0.15, 0.2) is 0 Å². The smallest absolute Gasteiger partial charge is 0.315 e. The Bertz CT molecular complexity index is 765. The summed E-state index contributed by atoms with van der Waals surface area (Å²) in [6.07, 6.45) is 2.81. The minimum Gasteiger partial charge on any atom is -0.493 e. The van der Waals surface area contributed by atoms with Crippen LogP contribution in [0.2, 0.25) is 0 Å². The Hall–Kier alpha value is -2.53. The Morgan fingerprint density at radius 2 is 1.81 bits per heavy atom. The summed E-state index contributed by atoms with van der Waals surface area (Å²) >= 11 is 0. The van der Waals surface area contributed by atoms with Crippen molar-refractivity contribution in [1.29, 1.82) is 0 Å². The van der Waals surface area contributed by atoms with Crippen molar-refractivity contribution < 1.29 is 14.3 Å². The number of benzene rings is 2. The first-order chi connectivity index (χ1) is 13.3. The number of hydrogen-bond donors (Lipinski definition) is 2. The van der Waals surface area contributed by atoms with Crippen LogP contribution in [0.25, 0.3) is 0 Å². The summed E-state index contributed by atoms with van der Waals surface area (Å²) < 4.78 is 11.7. The number of para-hydroxylation sites is 1. The molecular formula is C22H26N2O3. The van der Waals surface area contributed by atoms with E-state index in [4.69, 9.17) is 9.47 Å². The van der Waals surface area contributed by atoms with E-state index in [0.29, 0.717) is 19.1 Å². The molecule has 2 aromatic rings. The molecule has 5 nitrogen and oxygen atoms in total. The standard InChI is InChI=1S/C22H26N2O3/c25-22(24-19-10-6-13-26-20-11-5-4-9-18(19)20)23-15-17-12-14-27-21(17)16-7-2-1-3-8-16/h1-5,7-9,11,17,19,21H,6,10,12-15H2,(H2,23,24,25)/t17-,19?,21-/m1/s1. The third kappa shape index (κ3) is 4.25. The van der Waals surface area contributed by atoms with Crippen molar-refractivity contribution in [1.82, 2.24) is 10.6 Å². The average Bonchev–Trinajstić information content (AvgIpc) is 3.09. The van der Waals surface area contributed by atoms with Gasteiger partial charge in [0.1, 0.15) is 5.75 Å². The van der Waals surface area contributed by atoms with Gasteiger partial charge in [0.25, 0.3) is 0 Å². The van der Waals surface area contributed by atoms with E-state index in [2.05, 4.69) is 22.8 Å². The molecule has 4 rings (SSSR count). The summed E-state index contributed by atoms with van der Waals surface area (Å²) in [4.78, 5) is 12.5. The van der Waals surface area contributed by atoms with Gasteiger partial charge in [-0.1, -0.05) is 48.5 Å². The predicted molar refractivity (Wildman–Crippen MR) is 104 cm³/mol. The number of hydrogen-bond acceptors (Lipinski definition) is 3. The SMILES string of the molecule is O=C(NC[C@H]1CCO[C@@H]1c1ccccc1)NC1CCCOc2ccccc21. The average molecular weight is 366 g/mol. The number of carbonyl (C=O) groups is 1. The molecular weight excluding hydrogens is 340 g/mol. The van der Waals surface area contributed by atoms with Crippen LogP contribution < -0.4 is 15.4 Å². The molecule has 0 saturated carbocycles. The molecule has 2 aliphatic heterocycles. The van der Waals surface area contributed by atoms with Crippen LogP contribution in [-0.4, -0.2) is 25.8 Å². The highest BCUT2D eigenvalue weighted by Gasteiger charge is 2.30. The van der Waals surface area contributed by atoms with Crippen LogP contribution in [0.3, 0.4) is 0 Å². The fraction of sp³-hybridized carbons (Fsp3) is 0.409. The largest absolute Gasteiger partial charge is 0.493 e. The van der Waals surface area contributed by atoms with Gasteiger partial charge in [-0.25, -0.2) is 4.79 Å². The van der Waals surface area contributed by atoms with E-state index in [-0.39, 0.29) is 18.2 Å². The van der Waals surface area contributed by atoms with Gasteiger partial charge < -0.3 is 20.1 Å². The van der Waals surface area contributed by atoms with Gasteiger partial charge in [0, 0.05) is 24.6 Å². The van der Waals surface area contributed by atoms with E-state index >= 15 is 0 Å². The van der Waals surface area contributed by atoms with Crippen molar-refractivity contribution in [2.24, 2.45) is 5.92 Å². The molecule has 27 heavy (non-hydrogen) atoms. The van der Waals surface area contributed by atoms with Crippen LogP contribution in [0.5, 0.6) is 5.75 Å². The predicted octanol–water partition coefficient (Wildman–Crippen LogP) is 3.98. The molecule has 0 aliphatic carbocycles. The van der Waals surface area contributed by atoms with Crippen LogP contribution in [0.15, 0.2) is 54.6 Å². The number of fused-ring (bicyclic) bond motifs is 1. The van der Waals surface area contributed by atoms with Crippen LogP contribution in [-0.2, 0) is 4.74 Å². The van der Waals surface area contributed by atoms with Gasteiger partial charge in [-0.2, -0.15) is 0 Å². The molecule has 3 atom stereocenters. The number of amides is 2. The van der Waals surface area contributed by atoms with Gasteiger partial charge >= 0.3 is 6.03 Å². The molecule has 142 valence electrons. The molecule has 0 aromatic heterocycles. The van der Waals surface area contributed by atoms with Crippen molar-refractivity contribution >= 4 is 6.03 Å². The Morgan fingerprint density at radius 3 is 2.70 bits per heavy atom. The second-order valence-electron chi connectivity index (χ2n) is 7.19. The van der Waals surface area contributed by atoms with Gasteiger partial charge in [-0.3, -0.25) is 0 Å². The zero-order chi connectivity index (χ0) is 18.5. The lowest BCUT2D eigenvalue weighted by atomic mass is 9.95. The van der Waals surface area contributed by atoms with Crippen LogP contribution in [0.1, 0.15) is 42.5 Å². The zero-order valence-electron chi connectivity index (χ0n) is 15.4. The molecule has 1 fully saturated rings. The summed E-state index contributed by atoms with van der Waals surface area (Å²) in [6, 6.07) is 18.0. The lowest BCUT2D eigenvalue weighted by Gasteiger charge is -2.22. The number of rotatable bonds is 4. The minimum atomic E-state index is -0.129.